The average Bonchev–Trinajstić information content (AvgIpc) is 3.07. The molecule has 45 heavy (non-hydrogen) atoms. The standard InChI is InChI=1S/C41H64O4/c1-4-8-34-12-16-36(17-13-34)10-6-28-43-40-24-20-38(21-25-40)31-42-30-33(3)45-32-39-22-26-41(27-23-39)44-29-7-11-37-18-14-35(9-5-2)15-19-37/h20-27,33-37H,4-19,28-32H2,1-3H3/t33-,34-,35-,36-,37-/m1/s1. The first kappa shape index (κ1) is 35.8. The second kappa shape index (κ2) is 21.0. The molecule has 0 spiro atoms. The normalized spacial score (nSPS) is 22.6. The maximum atomic E-state index is 6.04. The van der Waals surface area contributed by atoms with Gasteiger partial charge in [0.2, 0.25) is 0 Å². The Hall–Kier alpha value is -2.04. The molecule has 4 nitrogen and oxygen atoms in total. The molecule has 2 aliphatic carbocycles. The third kappa shape index (κ3) is 14.1. The summed E-state index contributed by atoms with van der Waals surface area (Å²) in [6, 6.07) is 16.7. The van der Waals surface area contributed by atoms with E-state index in [-0.39, 0.29) is 6.10 Å². The van der Waals surface area contributed by atoms with Crippen molar-refractivity contribution < 1.29 is 18.9 Å². The maximum Gasteiger partial charge on any atom is 0.119 e. The molecule has 2 aromatic carbocycles. The third-order valence-corrected chi connectivity index (χ3v) is 10.4. The van der Waals surface area contributed by atoms with E-state index in [9.17, 15) is 0 Å². The Kier molecular flexibility index (Phi) is 16.7. The van der Waals surface area contributed by atoms with Gasteiger partial charge >= 0.3 is 0 Å². The molecule has 2 saturated carbocycles. The van der Waals surface area contributed by atoms with E-state index < -0.39 is 0 Å². The first-order chi connectivity index (χ1) is 22.1. The van der Waals surface area contributed by atoms with Gasteiger partial charge in [0.05, 0.1) is 39.1 Å². The van der Waals surface area contributed by atoms with Crippen molar-refractivity contribution in [3.8, 4) is 11.5 Å². The van der Waals surface area contributed by atoms with Crippen molar-refractivity contribution >= 4 is 0 Å². The topological polar surface area (TPSA) is 36.9 Å². The Balaban J connectivity index is 0.996. The molecule has 0 aromatic heterocycles. The van der Waals surface area contributed by atoms with E-state index in [1.807, 2.05) is 0 Å². The van der Waals surface area contributed by atoms with E-state index in [0.717, 1.165) is 72.4 Å². The van der Waals surface area contributed by atoms with Crippen LogP contribution in [0.5, 0.6) is 11.5 Å². The maximum absolute atomic E-state index is 6.04. The molecule has 4 heteroatoms. The van der Waals surface area contributed by atoms with Crippen molar-refractivity contribution in [2.75, 3.05) is 19.8 Å². The van der Waals surface area contributed by atoms with Crippen LogP contribution in [-0.4, -0.2) is 25.9 Å². The van der Waals surface area contributed by atoms with Crippen molar-refractivity contribution in [3.05, 3.63) is 59.7 Å². The lowest BCUT2D eigenvalue weighted by Gasteiger charge is -2.28. The Labute approximate surface area is 276 Å². The first-order valence-electron chi connectivity index (χ1n) is 18.7. The van der Waals surface area contributed by atoms with Crippen LogP contribution >= 0.6 is 0 Å². The number of hydrogen-bond donors (Lipinski definition) is 0. The number of hydrogen-bond acceptors (Lipinski definition) is 4. The van der Waals surface area contributed by atoms with Crippen LogP contribution in [0.4, 0.5) is 0 Å². The minimum Gasteiger partial charge on any atom is -0.494 e. The zero-order chi connectivity index (χ0) is 31.5. The monoisotopic (exact) mass is 620 g/mol. The van der Waals surface area contributed by atoms with Crippen LogP contribution in [0, 0.1) is 23.7 Å². The summed E-state index contributed by atoms with van der Waals surface area (Å²) >= 11 is 0. The summed E-state index contributed by atoms with van der Waals surface area (Å²) < 4.78 is 24.0. The predicted molar refractivity (Wildman–Crippen MR) is 187 cm³/mol. The molecule has 0 bridgehead atoms. The molecule has 1 atom stereocenters. The molecule has 252 valence electrons. The highest BCUT2D eigenvalue weighted by Gasteiger charge is 2.21. The van der Waals surface area contributed by atoms with Gasteiger partial charge in [0.1, 0.15) is 11.5 Å². The van der Waals surface area contributed by atoms with Crippen LogP contribution in [-0.2, 0) is 22.7 Å². The Morgan fingerprint density at radius 3 is 1.38 bits per heavy atom. The Bertz CT molecular complexity index is 1000. The summed E-state index contributed by atoms with van der Waals surface area (Å²) in [6.45, 7) is 10.1. The zero-order valence-corrected chi connectivity index (χ0v) is 29.0. The minimum absolute atomic E-state index is 0.0299. The summed E-state index contributed by atoms with van der Waals surface area (Å²) in [5, 5.41) is 0. The number of rotatable bonds is 21. The number of ether oxygens (including phenoxy) is 4. The van der Waals surface area contributed by atoms with Crippen molar-refractivity contribution in [1.29, 1.82) is 0 Å². The Morgan fingerprint density at radius 2 is 0.956 bits per heavy atom. The van der Waals surface area contributed by atoms with Crippen molar-refractivity contribution in [1.82, 2.24) is 0 Å². The molecule has 0 amide bonds. The minimum atomic E-state index is 0.0299. The molecular weight excluding hydrogens is 556 g/mol. The van der Waals surface area contributed by atoms with E-state index in [1.54, 1.807) is 0 Å². The van der Waals surface area contributed by atoms with Gasteiger partial charge in [-0.05, 0) is 91.7 Å². The van der Waals surface area contributed by atoms with E-state index in [1.165, 1.54) is 89.9 Å². The molecule has 0 saturated heterocycles. The Morgan fingerprint density at radius 1 is 0.556 bits per heavy atom. The molecular formula is C41H64O4. The zero-order valence-electron chi connectivity index (χ0n) is 29.0. The lowest BCUT2D eigenvalue weighted by molar-refractivity contribution is -0.0198. The fourth-order valence-electron chi connectivity index (χ4n) is 7.55. The van der Waals surface area contributed by atoms with Crippen molar-refractivity contribution in [3.63, 3.8) is 0 Å². The first-order valence-corrected chi connectivity index (χ1v) is 18.7. The highest BCUT2D eigenvalue weighted by atomic mass is 16.5. The summed E-state index contributed by atoms with van der Waals surface area (Å²) in [5.74, 6) is 5.73. The molecule has 0 heterocycles. The van der Waals surface area contributed by atoms with Crippen LogP contribution in [0.15, 0.2) is 48.5 Å². The molecule has 0 aliphatic heterocycles. The lowest BCUT2D eigenvalue weighted by atomic mass is 9.78. The summed E-state index contributed by atoms with van der Waals surface area (Å²) in [4.78, 5) is 0. The van der Waals surface area contributed by atoms with Gasteiger partial charge in [0, 0.05) is 0 Å². The van der Waals surface area contributed by atoms with E-state index >= 15 is 0 Å². The van der Waals surface area contributed by atoms with Gasteiger partial charge in [0.25, 0.3) is 0 Å². The van der Waals surface area contributed by atoms with E-state index in [2.05, 4.69) is 69.3 Å². The highest BCUT2D eigenvalue weighted by molar-refractivity contribution is 5.27. The molecule has 0 radical (unpaired) electrons. The summed E-state index contributed by atoms with van der Waals surface area (Å²) in [5.41, 5.74) is 2.32. The van der Waals surface area contributed by atoms with Gasteiger partial charge in [0.15, 0.2) is 0 Å². The smallest absolute Gasteiger partial charge is 0.119 e. The predicted octanol–water partition coefficient (Wildman–Crippen LogP) is 11.3. The van der Waals surface area contributed by atoms with Crippen LogP contribution in [0.2, 0.25) is 0 Å². The van der Waals surface area contributed by atoms with Crippen LogP contribution < -0.4 is 9.47 Å². The molecule has 4 rings (SSSR count). The molecule has 0 N–H and O–H groups in total. The van der Waals surface area contributed by atoms with Crippen molar-refractivity contribution in [2.24, 2.45) is 23.7 Å². The SMILES string of the molecule is CCC[C@H]1CC[C@H](CCCOc2ccc(COC[C@@H](C)OCc3ccc(OCCC[C@H]4CC[C@H](CCC)CC4)cc3)cc2)CC1. The highest BCUT2D eigenvalue weighted by Crippen LogP contribution is 2.35. The molecule has 2 fully saturated rings. The lowest BCUT2D eigenvalue weighted by Crippen LogP contribution is -2.16. The van der Waals surface area contributed by atoms with E-state index in [0.29, 0.717) is 19.8 Å². The van der Waals surface area contributed by atoms with Crippen LogP contribution in [0.25, 0.3) is 0 Å². The van der Waals surface area contributed by atoms with Gasteiger partial charge in [-0.2, -0.15) is 0 Å². The third-order valence-electron chi connectivity index (χ3n) is 10.4. The van der Waals surface area contributed by atoms with Gasteiger partial charge in [-0.25, -0.2) is 0 Å². The van der Waals surface area contributed by atoms with Gasteiger partial charge < -0.3 is 18.9 Å². The second-order valence-corrected chi connectivity index (χ2v) is 14.3. The van der Waals surface area contributed by atoms with Gasteiger partial charge in [-0.1, -0.05) is 115 Å². The number of benzene rings is 2. The van der Waals surface area contributed by atoms with Gasteiger partial charge in [-0.3, -0.25) is 0 Å². The summed E-state index contributed by atoms with van der Waals surface area (Å²) in [7, 11) is 0. The molecule has 2 aromatic rings. The molecule has 2 aliphatic rings. The van der Waals surface area contributed by atoms with Crippen LogP contribution in [0.3, 0.4) is 0 Å². The molecule has 0 unspecified atom stereocenters. The summed E-state index contributed by atoms with van der Waals surface area (Å²) in [6.07, 6.45) is 22.0. The fraction of sp³-hybridized carbons (Fsp3) is 0.707. The quantitative estimate of drug-likeness (QED) is 0.130. The van der Waals surface area contributed by atoms with Gasteiger partial charge in [-0.15, -0.1) is 0 Å². The fourth-order valence-corrected chi connectivity index (χ4v) is 7.55. The second-order valence-electron chi connectivity index (χ2n) is 14.3. The largest absolute Gasteiger partial charge is 0.494 e. The average molecular weight is 621 g/mol. The van der Waals surface area contributed by atoms with E-state index in [4.69, 9.17) is 18.9 Å². The van der Waals surface area contributed by atoms with Crippen molar-refractivity contribution in [2.45, 2.75) is 143 Å². The van der Waals surface area contributed by atoms with Crippen LogP contribution in [0.1, 0.15) is 135 Å².